The van der Waals surface area contributed by atoms with Crippen LogP contribution in [0.5, 0.6) is 11.5 Å². The van der Waals surface area contributed by atoms with Crippen LogP contribution in [0, 0.1) is 0 Å². The van der Waals surface area contributed by atoms with Crippen molar-refractivity contribution < 1.29 is 18.3 Å². The predicted octanol–water partition coefficient (Wildman–Crippen LogP) is 0.446. The van der Waals surface area contributed by atoms with Crippen LogP contribution in [0.2, 0.25) is 0 Å². The molecule has 3 rings (SSSR count). The highest BCUT2D eigenvalue weighted by Crippen LogP contribution is 2.27. The zero-order chi connectivity index (χ0) is 18.2. The number of methoxy groups -OCH3 is 1. The molecule has 0 bridgehead atoms. The Hall–Kier alpha value is -2.39. The molecule has 2 aromatic rings. The third kappa shape index (κ3) is 3.67. The maximum atomic E-state index is 12.1. The van der Waals surface area contributed by atoms with E-state index in [1.165, 1.54) is 7.11 Å². The smallest absolute Gasteiger partial charge is 0.255 e. The van der Waals surface area contributed by atoms with Crippen LogP contribution in [0.25, 0.3) is 0 Å². The van der Waals surface area contributed by atoms with Gasteiger partial charge in [-0.2, -0.15) is 0 Å². The van der Waals surface area contributed by atoms with Gasteiger partial charge in [-0.3, -0.25) is 14.7 Å². The van der Waals surface area contributed by atoms with Crippen molar-refractivity contribution in [3.05, 3.63) is 45.4 Å². The minimum absolute atomic E-state index is 0.0614. The molecule has 25 heavy (non-hydrogen) atoms. The summed E-state index contributed by atoms with van der Waals surface area (Å²) in [6, 6.07) is 5.16. The van der Waals surface area contributed by atoms with E-state index in [1.807, 2.05) is 11.0 Å². The van der Waals surface area contributed by atoms with Crippen molar-refractivity contribution >= 4 is 9.84 Å². The molecular formula is C16H19N3O5S. The molecule has 134 valence electrons. The first-order valence-electron chi connectivity index (χ1n) is 7.68. The Morgan fingerprint density at radius 1 is 1.40 bits per heavy atom. The molecule has 9 heteroatoms. The molecular weight excluding hydrogens is 346 g/mol. The minimum Gasteiger partial charge on any atom is -0.504 e. The van der Waals surface area contributed by atoms with Crippen molar-refractivity contribution in [2.24, 2.45) is 0 Å². The molecule has 0 atom stereocenters. The molecule has 0 saturated carbocycles. The van der Waals surface area contributed by atoms with Crippen LogP contribution >= 0.6 is 0 Å². The highest BCUT2D eigenvalue weighted by atomic mass is 32.2. The standard InChI is InChI=1S/C16H19N3O5S/c1-24-14-4-3-10(7-13(14)20)8-19-6-5-11-12(9-19)17-16(18-15(11)21)25(2,22)23/h3-4,7,20H,5-6,8-9H2,1-2H3,(H,17,18,21). The number of hydrogen-bond donors (Lipinski definition) is 2. The maximum absolute atomic E-state index is 12.1. The van der Waals surface area contributed by atoms with E-state index in [9.17, 15) is 18.3 Å². The van der Waals surface area contributed by atoms with Crippen LogP contribution < -0.4 is 10.3 Å². The molecule has 0 amide bonds. The van der Waals surface area contributed by atoms with E-state index in [0.29, 0.717) is 43.1 Å². The lowest BCUT2D eigenvalue weighted by Gasteiger charge is -2.27. The fourth-order valence-corrected chi connectivity index (χ4v) is 3.43. The van der Waals surface area contributed by atoms with Gasteiger partial charge in [0.25, 0.3) is 5.56 Å². The number of aromatic amines is 1. The van der Waals surface area contributed by atoms with E-state index in [2.05, 4.69) is 9.97 Å². The Balaban J connectivity index is 1.84. The van der Waals surface area contributed by atoms with Gasteiger partial charge in [0, 0.05) is 31.5 Å². The van der Waals surface area contributed by atoms with Gasteiger partial charge in [0.15, 0.2) is 11.5 Å². The molecule has 0 spiro atoms. The van der Waals surface area contributed by atoms with Crippen LogP contribution in [0.15, 0.2) is 28.2 Å². The number of nitrogens with zero attached hydrogens (tertiary/aromatic N) is 2. The molecule has 0 radical (unpaired) electrons. The summed E-state index contributed by atoms with van der Waals surface area (Å²) < 4.78 is 28.3. The monoisotopic (exact) mass is 365 g/mol. The van der Waals surface area contributed by atoms with Crippen molar-refractivity contribution in [3.8, 4) is 11.5 Å². The number of phenolic OH excluding ortho intramolecular Hbond substituents is 1. The molecule has 0 fully saturated rings. The molecule has 0 saturated heterocycles. The molecule has 0 unspecified atom stereocenters. The lowest BCUT2D eigenvalue weighted by Crippen LogP contribution is -2.35. The van der Waals surface area contributed by atoms with Crippen LogP contribution in [0.1, 0.15) is 16.8 Å². The van der Waals surface area contributed by atoms with Gasteiger partial charge in [0.05, 0.1) is 12.8 Å². The summed E-state index contributed by atoms with van der Waals surface area (Å²) in [5.41, 5.74) is 1.50. The number of benzene rings is 1. The Bertz CT molecular complexity index is 968. The molecule has 8 nitrogen and oxygen atoms in total. The number of aromatic hydroxyl groups is 1. The number of fused-ring (bicyclic) bond motifs is 1. The Kier molecular flexibility index (Phi) is 4.53. The number of ether oxygens (including phenoxy) is 1. The molecule has 1 aromatic heterocycles. The lowest BCUT2D eigenvalue weighted by atomic mass is 10.1. The topological polar surface area (TPSA) is 113 Å². The SMILES string of the molecule is COc1ccc(CN2CCc3c(nc(S(C)(=O)=O)[nH]c3=O)C2)cc1O. The second kappa shape index (κ2) is 6.49. The number of sulfone groups is 1. The average molecular weight is 365 g/mol. The number of nitrogens with one attached hydrogen (secondary N) is 1. The normalized spacial score (nSPS) is 15.0. The zero-order valence-electron chi connectivity index (χ0n) is 13.9. The molecule has 1 aliphatic heterocycles. The van der Waals surface area contributed by atoms with Crippen molar-refractivity contribution in [2.75, 3.05) is 19.9 Å². The van der Waals surface area contributed by atoms with Crippen molar-refractivity contribution in [3.63, 3.8) is 0 Å². The highest BCUT2D eigenvalue weighted by Gasteiger charge is 2.23. The second-order valence-electron chi connectivity index (χ2n) is 6.04. The number of aromatic nitrogens is 2. The van der Waals surface area contributed by atoms with E-state index >= 15 is 0 Å². The summed E-state index contributed by atoms with van der Waals surface area (Å²) in [6.07, 6.45) is 1.50. The predicted molar refractivity (Wildman–Crippen MR) is 90.4 cm³/mol. The van der Waals surface area contributed by atoms with Gasteiger partial charge >= 0.3 is 0 Å². The van der Waals surface area contributed by atoms with Crippen molar-refractivity contribution in [2.45, 2.75) is 24.7 Å². The van der Waals surface area contributed by atoms with Gasteiger partial charge in [0.1, 0.15) is 0 Å². The van der Waals surface area contributed by atoms with E-state index in [4.69, 9.17) is 4.74 Å². The van der Waals surface area contributed by atoms with Gasteiger partial charge in [0.2, 0.25) is 15.0 Å². The van der Waals surface area contributed by atoms with Crippen LogP contribution in [-0.4, -0.2) is 48.3 Å². The zero-order valence-corrected chi connectivity index (χ0v) is 14.8. The van der Waals surface area contributed by atoms with Gasteiger partial charge in [-0.1, -0.05) is 6.07 Å². The summed E-state index contributed by atoms with van der Waals surface area (Å²) in [4.78, 5) is 20.6. The van der Waals surface area contributed by atoms with E-state index in [0.717, 1.165) is 11.8 Å². The Labute approximate surface area is 145 Å². The third-order valence-electron chi connectivity index (χ3n) is 4.13. The summed E-state index contributed by atoms with van der Waals surface area (Å²) in [6.45, 7) is 1.55. The highest BCUT2D eigenvalue weighted by molar-refractivity contribution is 7.90. The van der Waals surface area contributed by atoms with Crippen LogP contribution in [0.3, 0.4) is 0 Å². The quantitative estimate of drug-likeness (QED) is 0.756. The second-order valence-corrected chi connectivity index (χ2v) is 7.97. The Morgan fingerprint density at radius 3 is 2.80 bits per heavy atom. The molecule has 2 N–H and O–H groups in total. The molecule has 1 aliphatic rings. The number of hydrogen-bond acceptors (Lipinski definition) is 7. The van der Waals surface area contributed by atoms with E-state index in [1.54, 1.807) is 12.1 Å². The average Bonchev–Trinajstić information content (AvgIpc) is 2.54. The first-order chi connectivity index (χ1) is 11.8. The van der Waals surface area contributed by atoms with E-state index in [-0.39, 0.29) is 10.9 Å². The molecule has 0 aliphatic carbocycles. The largest absolute Gasteiger partial charge is 0.504 e. The minimum atomic E-state index is -3.58. The van der Waals surface area contributed by atoms with Gasteiger partial charge < -0.3 is 9.84 Å². The van der Waals surface area contributed by atoms with Crippen molar-refractivity contribution in [1.29, 1.82) is 0 Å². The van der Waals surface area contributed by atoms with Gasteiger partial charge in [-0.05, 0) is 24.1 Å². The van der Waals surface area contributed by atoms with E-state index < -0.39 is 15.4 Å². The summed E-state index contributed by atoms with van der Waals surface area (Å²) >= 11 is 0. The Morgan fingerprint density at radius 2 is 2.16 bits per heavy atom. The van der Waals surface area contributed by atoms with Crippen LogP contribution in [0.4, 0.5) is 0 Å². The third-order valence-corrected chi connectivity index (χ3v) is 5.03. The molecule has 1 aromatic carbocycles. The van der Waals surface area contributed by atoms with Gasteiger partial charge in [-0.25, -0.2) is 13.4 Å². The lowest BCUT2D eigenvalue weighted by molar-refractivity contribution is 0.238. The number of rotatable bonds is 4. The summed E-state index contributed by atoms with van der Waals surface area (Å²) in [5, 5.41) is 9.57. The number of phenols is 1. The fourth-order valence-electron chi connectivity index (χ4n) is 2.87. The first-order valence-corrected chi connectivity index (χ1v) is 9.57. The number of H-pyrrole nitrogens is 1. The van der Waals surface area contributed by atoms with Crippen molar-refractivity contribution in [1.82, 2.24) is 14.9 Å². The molecule has 2 heterocycles. The summed E-state index contributed by atoms with van der Waals surface area (Å²) in [5.74, 6) is 0.463. The first kappa shape index (κ1) is 17.4. The summed E-state index contributed by atoms with van der Waals surface area (Å²) in [7, 11) is -2.10. The van der Waals surface area contributed by atoms with Crippen LogP contribution in [-0.2, 0) is 29.3 Å². The maximum Gasteiger partial charge on any atom is 0.255 e. The van der Waals surface area contributed by atoms with Gasteiger partial charge in [-0.15, -0.1) is 0 Å². The fraction of sp³-hybridized carbons (Fsp3) is 0.375.